The molecule has 0 aromatic carbocycles. The van der Waals surface area contributed by atoms with Crippen molar-refractivity contribution in [3.8, 4) is 0 Å². The molecule has 1 atom stereocenters. The van der Waals surface area contributed by atoms with Crippen LogP contribution in [0.1, 0.15) is 19.8 Å². The Kier molecular flexibility index (Phi) is 3.04. The summed E-state index contributed by atoms with van der Waals surface area (Å²) in [5, 5.41) is 3.04. The van der Waals surface area contributed by atoms with Crippen LogP contribution in [0, 0.1) is 5.92 Å². The molecule has 0 bridgehead atoms. The van der Waals surface area contributed by atoms with Gasteiger partial charge in [0.25, 0.3) is 0 Å². The van der Waals surface area contributed by atoms with Gasteiger partial charge in [-0.15, -0.1) is 0 Å². The van der Waals surface area contributed by atoms with Crippen molar-refractivity contribution >= 4 is 11.6 Å². The van der Waals surface area contributed by atoms with Crippen molar-refractivity contribution in [1.29, 1.82) is 0 Å². The summed E-state index contributed by atoms with van der Waals surface area (Å²) in [7, 11) is 1.88. The van der Waals surface area contributed by atoms with Crippen molar-refractivity contribution in [2.75, 3.05) is 30.4 Å². The maximum absolute atomic E-state index is 4.32. The van der Waals surface area contributed by atoms with Crippen molar-refractivity contribution in [3.05, 3.63) is 12.4 Å². The fraction of sp³-hybridized carbons (Fsp3) is 0.636. The van der Waals surface area contributed by atoms with E-state index in [1.807, 2.05) is 13.1 Å². The van der Waals surface area contributed by atoms with E-state index in [2.05, 4.69) is 27.1 Å². The summed E-state index contributed by atoms with van der Waals surface area (Å²) in [5.41, 5.74) is 0. The summed E-state index contributed by atoms with van der Waals surface area (Å²) in [6.07, 6.45) is 4.22. The molecule has 1 fully saturated rings. The number of piperidine rings is 1. The minimum Gasteiger partial charge on any atom is -0.373 e. The van der Waals surface area contributed by atoms with E-state index >= 15 is 0 Å². The first kappa shape index (κ1) is 10.2. The highest BCUT2D eigenvalue weighted by atomic mass is 15.2. The van der Waals surface area contributed by atoms with Crippen molar-refractivity contribution in [1.82, 2.24) is 9.97 Å². The van der Waals surface area contributed by atoms with Crippen LogP contribution in [0.25, 0.3) is 0 Å². The van der Waals surface area contributed by atoms with Gasteiger partial charge in [-0.2, -0.15) is 0 Å². The third-order valence-electron chi connectivity index (χ3n) is 2.89. The van der Waals surface area contributed by atoms with E-state index in [1.165, 1.54) is 12.8 Å². The number of rotatable bonds is 2. The van der Waals surface area contributed by atoms with Gasteiger partial charge in [-0.05, 0) is 18.8 Å². The fourth-order valence-corrected chi connectivity index (χ4v) is 2.05. The quantitative estimate of drug-likeness (QED) is 0.800. The maximum Gasteiger partial charge on any atom is 0.134 e. The van der Waals surface area contributed by atoms with Crippen molar-refractivity contribution in [2.45, 2.75) is 19.8 Å². The van der Waals surface area contributed by atoms with E-state index in [0.29, 0.717) is 0 Å². The Bertz CT molecular complexity index is 326. The lowest BCUT2D eigenvalue weighted by Crippen LogP contribution is -2.34. The third-order valence-corrected chi connectivity index (χ3v) is 2.89. The minimum absolute atomic E-state index is 0.770. The molecule has 1 saturated heterocycles. The summed E-state index contributed by atoms with van der Waals surface area (Å²) in [4.78, 5) is 10.8. The molecule has 1 N–H and O–H groups in total. The molecule has 0 radical (unpaired) electrons. The molecule has 2 rings (SSSR count). The SMILES string of the molecule is CNc1cc(N2CCC[C@H](C)C2)ncn1. The van der Waals surface area contributed by atoms with Crippen molar-refractivity contribution in [2.24, 2.45) is 5.92 Å². The van der Waals surface area contributed by atoms with Crippen LogP contribution in [-0.2, 0) is 0 Å². The molecule has 4 heteroatoms. The number of nitrogens with zero attached hydrogens (tertiary/aromatic N) is 3. The number of anilines is 2. The first-order valence-corrected chi connectivity index (χ1v) is 5.54. The smallest absolute Gasteiger partial charge is 0.134 e. The second-order valence-electron chi connectivity index (χ2n) is 4.20. The van der Waals surface area contributed by atoms with Crippen LogP contribution in [0.3, 0.4) is 0 Å². The maximum atomic E-state index is 4.32. The highest BCUT2D eigenvalue weighted by Crippen LogP contribution is 2.21. The van der Waals surface area contributed by atoms with Crippen LogP contribution >= 0.6 is 0 Å². The van der Waals surface area contributed by atoms with E-state index in [-0.39, 0.29) is 0 Å². The molecule has 0 saturated carbocycles. The Morgan fingerprint density at radius 2 is 2.33 bits per heavy atom. The summed E-state index contributed by atoms with van der Waals surface area (Å²) < 4.78 is 0. The molecule has 4 nitrogen and oxygen atoms in total. The average molecular weight is 206 g/mol. The minimum atomic E-state index is 0.770. The van der Waals surface area contributed by atoms with E-state index in [4.69, 9.17) is 0 Å². The largest absolute Gasteiger partial charge is 0.373 e. The second kappa shape index (κ2) is 4.47. The Morgan fingerprint density at radius 3 is 3.07 bits per heavy atom. The number of aromatic nitrogens is 2. The van der Waals surface area contributed by atoms with Gasteiger partial charge >= 0.3 is 0 Å². The molecule has 1 aromatic rings. The van der Waals surface area contributed by atoms with Gasteiger partial charge in [0.2, 0.25) is 0 Å². The van der Waals surface area contributed by atoms with Gasteiger partial charge in [-0.3, -0.25) is 0 Å². The van der Waals surface area contributed by atoms with Crippen LogP contribution in [0.2, 0.25) is 0 Å². The lowest BCUT2D eigenvalue weighted by atomic mass is 10.0. The fourth-order valence-electron chi connectivity index (χ4n) is 2.05. The van der Waals surface area contributed by atoms with Crippen LogP contribution < -0.4 is 10.2 Å². The van der Waals surface area contributed by atoms with Crippen LogP contribution in [0.4, 0.5) is 11.6 Å². The van der Waals surface area contributed by atoms with Crippen molar-refractivity contribution < 1.29 is 0 Å². The van der Waals surface area contributed by atoms with Gasteiger partial charge in [0.05, 0.1) is 0 Å². The Balaban J connectivity index is 2.13. The monoisotopic (exact) mass is 206 g/mol. The van der Waals surface area contributed by atoms with Crippen LogP contribution in [0.15, 0.2) is 12.4 Å². The summed E-state index contributed by atoms with van der Waals surface area (Å²) >= 11 is 0. The molecule has 1 aliphatic heterocycles. The molecule has 2 heterocycles. The summed E-state index contributed by atoms with van der Waals surface area (Å²) in [5.74, 6) is 2.70. The summed E-state index contributed by atoms with van der Waals surface area (Å²) in [6.45, 7) is 4.52. The number of hydrogen-bond acceptors (Lipinski definition) is 4. The normalized spacial score (nSPS) is 21.5. The first-order chi connectivity index (χ1) is 7.29. The zero-order chi connectivity index (χ0) is 10.7. The van der Waals surface area contributed by atoms with Crippen LogP contribution in [0.5, 0.6) is 0 Å². The Morgan fingerprint density at radius 1 is 1.47 bits per heavy atom. The molecular formula is C11H18N4. The zero-order valence-corrected chi connectivity index (χ0v) is 9.40. The van der Waals surface area contributed by atoms with Gasteiger partial charge in [0.15, 0.2) is 0 Å². The molecule has 1 aromatic heterocycles. The molecule has 82 valence electrons. The lowest BCUT2D eigenvalue weighted by molar-refractivity contribution is 0.444. The van der Waals surface area contributed by atoms with Crippen molar-refractivity contribution in [3.63, 3.8) is 0 Å². The van der Waals surface area contributed by atoms with Gasteiger partial charge < -0.3 is 10.2 Å². The zero-order valence-electron chi connectivity index (χ0n) is 9.40. The third kappa shape index (κ3) is 2.37. The molecule has 1 aliphatic rings. The van der Waals surface area contributed by atoms with Gasteiger partial charge in [0.1, 0.15) is 18.0 Å². The Hall–Kier alpha value is -1.32. The van der Waals surface area contributed by atoms with Crippen LogP contribution in [-0.4, -0.2) is 30.1 Å². The van der Waals surface area contributed by atoms with E-state index in [0.717, 1.165) is 30.6 Å². The van der Waals surface area contributed by atoms with Gasteiger partial charge in [-0.1, -0.05) is 6.92 Å². The number of hydrogen-bond donors (Lipinski definition) is 1. The second-order valence-corrected chi connectivity index (χ2v) is 4.20. The topological polar surface area (TPSA) is 41.0 Å². The molecule has 15 heavy (non-hydrogen) atoms. The molecule has 0 amide bonds. The Labute approximate surface area is 90.7 Å². The average Bonchev–Trinajstić information content (AvgIpc) is 2.29. The van der Waals surface area contributed by atoms with E-state index in [9.17, 15) is 0 Å². The molecular weight excluding hydrogens is 188 g/mol. The standard InChI is InChI=1S/C11H18N4/c1-9-4-3-5-15(7-9)11-6-10(12-2)13-8-14-11/h6,8-9H,3-5,7H2,1-2H3,(H,12,13,14)/t9-/m0/s1. The highest BCUT2D eigenvalue weighted by Gasteiger charge is 2.17. The molecule has 0 spiro atoms. The predicted octanol–water partition coefficient (Wildman–Crippen LogP) is 1.75. The molecule has 0 aliphatic carbocycles. The summed E-state index contributed by atoms with van der Waals surface area (Å²) in [6, 6.07) is 2.01. The lowest BCUT2D eigenvalue weighted by Gasteiger charge is -2.31. The first-order valence-electron chi connectivity index (χ1n) is 5.54. The van der Waals surface area contributed by atoms with E-state index in [1.54, 1.807) is 6.33 Å². The highest BCUT2D eigenvalue weighted by molar-refractivity contribution is 5.48. The predicted molar refractivity (Wildman–Crippen MR) is 62.2 cm³/mol. The van der Waals surface area contributed by atoms with E-state index < -0.39 is 0 Å². The number of nitrogens with one attached hydrogen (secondary N) is 1. The molecule has 0 unspecified atom stereocenters. The van der Waals surface area contributed by atoms with Gasteiger partial charge in [-0.25, -0.2) is 9.97 Å². The van der Waals surface area contributed by atoms with Gasteiger partial charge in [0, 0.05) is 26.2 Å².